The average Bonchev–Trinajstić information content (AvgIpc) is 2.22. The number of halogens is 2. The van der Waals surface area contributed by atoms with E-state index in [1.807, 2.05) is 6.92 Å². The molecular formula is C11H14BrClN2O. The van der Waals surface area contributed by atoms with Crippen LogP contribution in [0.15, 0.2) is 22.7 Å². The van der Waals surface area contributed by atoms with Gasteiger partial charge in [0.15, 0.2) is 0 Å². The number of nitrogens with two attached hydrogens (primary N) is 1. The molecule has 3 nitrogen and oxygen atoms in total. The van der Waals surface area contributed by atoms with Crippen molar-refractivity contribution < 1.29 is 4.79 Å². The van der Waals surface area contributed by atoms with Gasteiger partial charge in [0.2, 0.25) is 5.91 Å². The fourth-order valence-electron chi connectivity index (χ4n) is 1.26. The third kappa shape index (κ3) is 3.77. The summed E-state index contributed by atoms with van der Waals surface area (Å²) < 4.78 is 0.747. The molecule has 0 saturated carbocycles. The van der Waals surface area contributed by atoms with E-state index < -0.39 is 6.04 Å². The average molecular weight is 306 g/mol. The van der Waals surface area contributed by atoms with Crippen molar-refractivity contribution in [2.24, 2.45) is 5.73 Å². The Morgan fingerprint density at radius 1 is 1.62 bits per heavy atom. The molecule has 0 radical (unpaired) electrons. The molecule has 0 bridgehead atoms. The predicted octanol–water partition coefficient (Wildman–Crippen LogP) is 3.17. The van der Waals surface area contributed by atoms with E-state index in [9.17, 15) is 4.79 Å². The Hall–Kier alpha value is -0.580. The smallest absolute Gasteiger partial charge is 0.241 e. The normalized spacial score (nSPS) is 12.2. The molecule has 3 N–H and O–H groups in total. The molecule has 1 amide bonds. The van der Waals surface area contributed by atoms with Crippen LogP contribution in [-0.2, 0) is 4.79 Å². The minimum atomic E-state index is -0.465. The maximum atomic E-state index is 11.6. The molecule has 1 atom stereocenters. The van der Waals surface area contributed by atoms with Crippen LogP contribution >= 0.6 is 27.5 Å². The van der Waals surface area contributed by atoms with Gasteiger partial charge in [0, 0.05) is 9.50 Å². The van der Waals surface area contributed by atoms with Crippen molar-refractivity contribution in [2.75, 3.05) is 5.32 Å². The largest absolute Gasteiger partial charge is 0.324 e. The van der Waals surface area contributed by atoms with Crippen molar-refractivity contribution in [1.29, 1.82) is 0 Å². The summed E-state index contributed by atoms with van der Waals surface area (Å²) in [6.07, 6.45) is 1.56. The van der Waals surface area contributed by atoms with Gasteiger partial charge in [-0.25, -0.2) is 0 Å². The van der Waals surface area contributed by atoms with Gasteiger partial charge in [0.05, 0.1) is 11.7 Å². The van der Waals surface area contributed by atoms with E-state index in [2.05, 4.69) is 21.2 Å². The summed E-state index contributed by atoms with van der Waals surface area (Å²) in [5, 5.41) is 3.37. The zero-order valence-corrected chi connectivity index (χ0v) is 11.3. The number of anilines is 1. The van der Waals surface area contributed by atoms with E-state index in [0.29, 0.717) is 17.1 Å². The number of benzene rings is 1. The van der Waals surface area contributed by atoms with Gasteiger partial charge in [-0.15, -0.1) is 0 Å². The zero-order chi connectivity index (χ0) is 12.1. The molecule has 0 unspecified atom stereocenters. The van der Waals surface area contributed by atoms with Crippen molar-refractivity contribution in [1.82, 2.24) is 0 Å². The number of hydrogen-bond acceptors (Lipinski definition) is 2. The molecule has 0 aliphatic carbocycles. The maximum Gasteiger partial charge on any atom is 0.241 e. The highest BCUT2D eigenvalue weighted by molar-refractivity contribution is 9.10. The van der Waals surface area contributed by atoms with Crippen LogP contribution in [0.2, 0.25) is 5.02 Å². The SMILES string of the molecule is CCC[C@H](N)C(=O)Nc1ccc(Cl)cc1Br. The monoisotopic (exact) mass is 304 g/mol. The molecule has 1 aromatic rings. The first-order valence-corrected chi connectivity index (χ1v) is 6.23. The Kier molecular flexibility index (Phi) is 5.25. The lowest BCUT2D eigenvalue weighted by atomic mass is 10.1. The van der Waals surface area contributed by atoms with Gasteiger partial charge in [0.1, 0.15) is 0 Å². The second-order valence-corrected chi connectivity index (χ2v) is 4.80. The number of hydrogen-bond donors (Lipinski definition) is 2. The van der Waals surface area contributed by atoms with Crippen molar-refractivity contribution in [3.63, 3.8) is 0 Å². The lowest BCUT2D eigenvalue weighted by Gasteiger charge is -2.12. The first-order chi connectivity index (χ1) is 7.54. The van der Waals surface area contributed by atoms with Crippen LogP contribution < -0.4 is 11.1 Å². The van der Waals surface area contributed by atoms with Crippen molar-refractivity contribution in [3.8, 4) is 0 Å². The predicted molar refractivity (Wildman–Crippen MR) is 70.7 cm³/mol. The van der Waals surface area contributed by atoms with Crippen molar-refractivity contribution >= 4 is 39.1 Å². The van der Waals surface area contributed by atoms with Crippen LogP contribution in [0.4, 0.5) is 5.69 Å². The highest BCUT2D eigenvalue weighted by atomic mass is 79.9. The Morgan fingerprint density at radius 2 is 2.31 bits per heavy atom. The summed E-state index contributed by atoms with van der Waals surface area (Å²) in [4.78, 5) is 11.6. The Bertz CT molecular complexity index is 384. The standard InChI is InChI=1S/C11H14BrClN2O/c1-2-3-9(14)11(16)15-10-5-4-7(13)6-8(10)12/h4-6,9H,2-3,14H2,1H3,(H,15,16)/t9-/m0/s1. The fraction of sp³-hybridized carbons (Fsp3) is 0.364. The van der Waals surface area contributed by atoms with Crippen LogP contribution in [0, 0.1) is 0 Å². The minimum Gasteiger partial charge on any atom is -0.324 e. The number of carbonyl (C=O) groups excluding carboxylic acids is 1. The van der Waals surface area contributed by atoms with Gasteiger partial charge >= 0.3 is 0 Å². The lowest BCUT2D eigenvalue weighted by molar-refractivity contribution is -0.117. The third-order valence-corrected chi connectivity index (χ3v) is 3.02. The highest BCUT2D eigenvalue weighted by Crippen LogP contribution is 2.25. The maximum absolute atomic E-state index is 11.6. The fourth-order valence-corrected chi connectivity index (χ4v) is 2.04. The van der Waals surface area contributed by atoms with E-state index in [1.54, 1.807) is 18.2 Å². The number of rotatable bonds is 4. The van der Waals surface area contributed by atoms with Gasteiger partial charge in [0.25, 0.3) is 0 Å². The molecule has 0 fully saturated rings. The number of carbonyl (C=O) groups is 1. The van der Waals surface area contributed by atoms with Crippen LogP contribution in [0.5, 0.6) is 0 Å². The van der Waals surface area contributed by atoms with E-state index in [4.69, 9.17) is 17.3 Å². The Balaban J connectivity index is 2.69. The molecule has 0 heterocycles. The molecule has 1 rings (SSSR count). The third-order valence-electron chi connectivity index (χ3n) is 2.13. The molecule has 5 heteroatoms. The summed E-state index contributed by atoms with van der Waals surface area (Å²) in [6.45, 7) is 1.99. The van der Waals surface area contributed by atoms with Crippen LogP contribution in [0.25, 0.3) is 0 Å². The van der Waals surface area contributed by atoms with Gasteiger partial charge in [-0.2, -0.15) is 0 Å². The van der Waals surface area contributed by atoms with E-state index in [0.717, 1.165) is 10.9 Å². The lowest BCUT2D eigenvalue weighted by Crippen LogP contribution is -2.35. The molecule has 88 valence electrons. The number of amides is 1. The van der Waals surface area contributed by atoms with E-state index in [-0.39, 0.29) is 5.91 Å². The number of nitrogens with one attached hydrogen (secondary N) is 1. The van der Waals surface area contributed by atoms with E-state index >= 15 is 0 Å². The second-order valence-electron chi connectivity index (χ2n) is 3.51. The quantitative estimate of drug-likeness (QED) is 0.897. The van der Waals surface area contributed by atoms with Gasteiger partial charge < -0.3 is 11.1 Å². The highest BCUT2D eigenvalue weighted by Gasteiger charge is 2.13. The summed E-state index contributed by atoms with van der Waals surface area (Å²) in [5.74, 6) is -0.176. The summed E-state index contributed by atoms with van der Waals surface area (Å²) in [7, 11) is 0. The molecule has 0 aliphatic rings. The second kappa shape index (κ2) is 6.23. The van der Waals surface area contributed by atoms with Gasteiger partial charge in [-0.1, -0.05) is 24.9 Å². The summed E-state index contributed by atoms with van der Waals surface area (Å²) in [6, 6.07) is 4.71. The van der Waals surface area contributed by atoms with Crippen LogP contribution in [0.3, 0.4) is 0 Å². The minimum absolute atomic E-state index is 0.176. The molecule has 0 spiro atoms. The van der Waals surface area contributed by atoms with Gasteiger partial charge in [-0.05, 0) is 40.5 Å². The zero-order valence-electron chi connectivity index (χ0n) is 8.97. The molecular weight excluding hydrogens is 291 g/mol. The first-order valence-electron chi connectivity index (χ1n) is 5.06. The Morgan fingerprint density at radius 3 is 2.88 bits per heavy atom. The topological polar surface area (TPSA) is 55.1 Å². The van der Waals surface area contributed by atoms with Crippen molar-refractivity contribution in [2.45, 2.75) is 25.8 Å². The molecule has 0 aromatic heterocycles. The molecule has 1 aromatic carbocycles. The Labute approximate surface area is 108 Å². The van der Waals surface area contributed by atoms with Crippen molar-refractivity contribution in [3.05, 3.63) is 27.7 Å². The molecule has 0 aliphatic heterocycles. The molecule has 16 heavy (non-hydrogen) atoms. The first kappa shape index (κ1) is 13.5. The summed E-state index contributed by atoms with van der Waals surface area (Å²) >= 11 is 9.12. The van der Waals surface area contributed by atoms with E-state index in [1.165, 1.54) is 0 Å². The molecule has 0 saturated heterocycles. The summed E-state index contributed by atoms with van der Waals surface area (Å²) in [5.41, 5.74) is 6.38. The van der Waals surface area contributed by atoms with Crippen LogP contribution in [0.1, 0.15) is 19.8 Å². The van der Waals surface area contributed by atoms with Crippen LogP contribution in [-0.4, -0.2) is 11.9 Å². The van der Waals surface area contributed by atoms with Gasteiger partial charge in [-0.3, -0.25) is 4.79 Å².